The summed E-state index contributed by atoms with van der Waals surface area (Å²) in [7, 11) is 0. The average molecular weight is 198 g/mol. The van der Waals surface area contributed by atoms with Crippen molar-refractivity contribution in [2.24, 2.45) is 5.73 Å². The van der Waals surface area contributed by atoms with Gasteiger partial charge in [0.25, 0.3) is 0 Å². The molecular weight excluding hydrogens is 180 g/mol. The second kappa shape index (κ2) is 5.35. The summed E-state index contributed by atoms with van der Waals surface area (Å²) in [5.41, 5.74) is 7.17. The van der Waals surface area contributed by atoms with Crippen LogP contribution in [0.5, 0.6) is 0 Å². The Morgan fingerprint density at radius 2 is 2.23 bits per heavy atom. The van der Waals surface area contributed by atoms with Gasteiger partial charge in [-0.05, 0) is 12.8 Å². The van der Waals surface area contributed by atoms with E-state index < -0.39 is 0 Å². The lowest BCUT2D eigenvalue weighted by atomic mass is 10.2. The molecule has 1 atom stereocenters. The van der Waals surface area contributed by atoms with E-state index >= 15 is 0 Å². The number of hydrogen-bond donors (Lipinski definition) is 1. The van der Waals surface area contributed by atoms with Gasteiger partial charge in [0.15, 0.2) is 0 Å². The summed E-state index contributed by atoms with van der Waals surface area (Å²) in [5.74, 6) is 0. The van der Waals surface area contributed by atoms with Crippen molar-refractivity contribution < 1.29 is 0 Å². The number of aromatic nitrogens is 1. The number of hydrogen-bond acceptors (Lipinski definition) is 3. The molecule has 2 nitrogen and oxygen atoms in total. The summed E-state index contributed by atoms with van der Waals surface area (Å²) < 4.78 is 0. The molecule has 0 aliphatic heterocycles. The van der Waals surface area contributed by atoms with Crippen molar-refractivity contribution in [3.8, 4) is 0 Å². The maximum atomic E-state index is 5.96. The van der Waals surface area contributed by atoms with Crippen LogP contribution in [0.1, 0.15) is 49.9 Å². The molecule has 1 aromatic heterocycles. The highest BCUT2D eigenvalue weighted by molar-refractivity contribution is 7.09. The Labute approximate surface area is 84.2 Å². The van der Waals surface area contributed by atoms with Crippen LogP contribution in [0, 0.1) is 0 Å². The van der Waals surface area contributed by atoms with Crippen molar-refractivity contribution in [1.29, 1.82) is 0 Å². The Bertz CT molecular complexity index is 245. The van der Waals surface area contributed by atoms with Gasteiger partial charge in [0.1, 0.15) is 5.01 Å². The van der Waals surface area contributed by atoms with Crippen LogP contribution in [-0.2, 0) is 6.42 Å². The predicted molar refractivity (Wildman–Crippen MR) is 57.9 cm³/mol. The van der Waals surface area contributed by atoms with Gasteiger partial charge in [-0.2, -0.15) is 0 Å². The number of aryl methyl sites for hydroxylation is 1. The Hall–Kier alpha value is -0.410. The van der Waals surface area contributed by atoms with Gasteiger partial charge in [-0.25, -0.2) is 4.98 Å². The zero-order valence-electron chi connectivity index (χ0n) is 8.42. The molecule has 0 saturated carbocycles. The third-order valence-corrected chi connectivity index (χ3v) is 3.02. The van der Waals surface area contributed by atoms with Crippen LogP contribution in [0.25, 0.3) is 0 Å². The smallest absolute Gasteiger partial charge is 0.110 e. The molecule has 1 heterocycles. The van der Waals surface area contributed by atoms with Crippen LogP contribution in [0.4, 0.5) is 0 Å². The third kappa shape index (κ3) is 3.08. The van der Waals surface area contributed by atoms with Crippen molar-refractivity contribution in [3.63, 3.8) is 0 Å². The fourth-order valence-corrected chi connectivity index (χ4v) is 2.19. The maximum absolute atomic E-state index is 5.96. The number of nitrogens with two attached hydrogens (primary N) is 1. The molecule has 0 bridgehead atoms. The second-order valence-electron chi connectivity index (χ2n) is 3.32. The summed E-state index contributed by atoms with van der Waals surface area (Å²) in [6.07, 6.45) is 4.41. The molecule has 13 heavy (non-hydrogen) atoms. The van der Waals surface area contributed by atoms with E-state index in [1.165, 1.54) is 5.69 Å². The van der Waals surface area contributed by atoms with Crippen molar-refractivity contribution in [1.82, 2.24) is 4.98 Å². The van der Waals surface area contributed by atoms with E-state index in [9.17, 15) is 0 Å². The SMILES string of the molecule is CCCc1csc(C(N)CCC)n1. The Morgan fingerprint density at radius 1 is 1.46 bits per heavy atom. The quantitative estimate of drug-likeness (QED) is 0.790. The Morgan fingerprint density at radius 3 is 2.85 bits per heavy atom. The van der Waals surface area contributed by atoms with E-state index in [1.54, 1.807) is 11.3 Å². The van der Waals surface area contributed by atoms with Gasteiger partial charge < -0.3 is 5.73 Å². The monoisotopic (exact) mass is 198 g/mol. The first-order valence-corrected chi connectivity index (χ1v) is 5.85. The first-order chi connectivity index (χ1) is 6.27. The maximum Gasteiger partial charge on any atom is 0.110 e. The summed E-state index contributed by atoms with van der Waals surface area (Å²) >= 11 is 1.70. The topological polar surface area (TPSA) is 38.9 Å². The molecular formula is C10H18N2S. The molecule has 0 saturated heterocycles. The van der Waals surface area contributed by atoms with Gasteiger partial charge in [-0.3, -0.25) is 0 Å². The van der Waals surface area contributed by atoms with Gasteiger partial charge in [-0.15, -0.1) is 11.3 Å². The molecule has 0 aliphatic rings. The molecule has 0 amide bonds. The van der Waals surface area contributed by atoms with Crippen molar-refractivity contribution in [3.05, 3.63) is 16.1 Å². The van der Waals surface area contributed by atoms with E-state index in [2.05, 4.69) is 24.2 Å². The highest BCUT2D eigenvalue weighted by atomic mass is 32.1. The van der Waals surface area contributed by atoms with Crippen LogP contribution < -0.4 is 5.73 Å². The van der Waals surface area contributed by atoms with Gasteiger partial charge in [-0.1, -0.05) is 26.7 Å². The van der Waals surface area contributed by atoms with Crippen molar-refractivity contribution in [2.75, 3.05) is 0 Å². The summed E-state index contributed by atoms with van der Waals surface area (Å²) in [6, 6.07) is 0.153. The molecule has 1 unspecified atom stereocenters. The van der Waals surface area contributed by atoms with Crippen LogP contribution in [-0.4, -0.2) is 4.98 Å². The van der Waals surface area contributed by atoms with Crippen molar-refractivity contribution >= 4 is 11.3 Å². The van der Waals surface area contributed by atoms with E-state index in [0.717, 1.165) is 30.7 Å². The minimum Gasteiger partial charge on any atom is -0.322 e. The number of rotatable bonds is 5. The van der Waals surface area contributed by atoms with E-state index in [-0.39, 0.29) is 6.04 Å². The Kier molecular flexibility index (Phi) is 4.39. The highest BCUT2D eigenvalue weighted by Crippen LogP contribution is 2.20. The minimum atomic E-state index is 0.153. The lowest BCUT2D eigenvalue weighted by Crippen LogP contribution is -2.09. The number of thiazole rings is 1. The average Bonchev–Trinajstić information content (AvgIpc) is 2.54. The fourth-order valence-electron chi connectivity index (χ4n) is 1.30. The van der Waals surface area contributed by atoms with Crippen LogP contribution in [0.15, 0.2) is 5.38 Å². The second-order valence-corrected chi connectivity index (χ2v) is 4.21. The molecule has 3 heteroatoms. The molecule has 0 aliphatic carbocycles. The lowest BCUT2D eigenvalue weighted by molar-refractivity contribution is 0.632. The standard InChI is InChI=1S/C10H18N2S/c1-3-5-8-7-13-10(12-8)9(11)6-4-2/h7,9H,3-6,11H2,1-2H3. The molecule has 0 spiro atoms. The molecule has 0 aromatic carbocycles. The van der Waals surface area contributed by atoms with E-state index in [1.807, 2.05) is 0 Å². The molecule has 1 aromatic rings. The third-order valence-electron chi connectivity index (χ3n) is 1.99. The molecule has 0 fully saturated rings. The van der Waals surface area contributed by atoms with Crippen molar-refractivity contribution in [2.45, 2.75) is 45.6 Å². The normalized spacial score (nSPS) is 13.2. The largest absolute Gasteiger partial charge is 0.322 e. The number of nitrogens with zero attached hydrogens (tertiary/aromatic N) is 1. The van der Waals surface area contributed by atoms with E-state index in [4.69, 9.17) is 5.73 Å². The summed E-state index contributed by atoms with van der Waals surface area (Å²) in [4.78, 5) is 4.51. The molecule has 2 N–H and O–H groups in total. The van der Waals surface area contributed by atoms with Crippen LogP contribution in [0.2, 0.25) is 0 Å². The summed E-state index contributed by atoms with van der Waals surface area (Å²) in [5, 5.41) is 3.24. The summed E-state index contributed by atoms with van der Waals surface area (Å²) in [6.45, 7) is 4.32. The van der Waals surface area contributed by atoms with E-state index in [0.29, 0.717) is 0 Å². The van der Waals surface area contributed by atoms with Gasteiger partial charge >= 0.3 is 0 Å². The minimum absolute atomic E-state index is 0.153. The van der Waals surface area contributed by atoms with Gasteiger partial charge in [0.05, 0.1) is 11.7 Å². The van der Waals surface area contributed by atoms with Crippen LogP contribution >= 0.6 is 11.3 Å². The molecule has 0 radical (unpaired) electrons. The zero-order chi connectivity index (χ0) is 9.68. The highest BCUT2D eigenvalue weighted by Gasteiger charge is 2.09. The first kappa shape index (κ1) is 10.7. The predicted octanol–water partition coefficient (Wildman–Crippen LogP) is 2.90. The van der Waals surface area contributed by atoms with Gasteiger partial charge in [0, 0.05) is 5.38 Å². The van der Waals surface area contributed by atoms with Crippen LogP contribution in [0.3, 0.4) is 0 Å². The molecule has 74 valence electrons. The zero-order valence-corrected chi connectivity index (χ0v) is 9.23. The lowest BCUT2D eigenvalue weighted by Gasteiger charge is -2.04. The fraction of sp³-hybridized carbons (Fsp3) is 0.700. The Balaban J connectivity index is 2.56. The first-order valence-electron chi connectivity index (χ1n) is 4.97. The molecule has 1 rings (SSSR count). The van der Waals surface area contributed by atoms with Gasteiger partial charge in [0.2, 0.25) is 0 Å².